The highest BCUT2D eigenvalue weighted by atomic mass is 16.2. The maximum Gasteiger partial charge on any atom is 0.282 e. The Balaban J connectivity index is 1.83. The van der Waals surface area contributed by atoms with Crippen molar-refractivity contribution in [3.05, 3.63) is 94.2 Å². The van der Waals surface area contributed by atoms with Crippen LogP contribution in [0.3, 0.4) is 0 Å². The molecule has 3 aromatic rings. The second-order valence-corrected chi connectivity index (χ2v) is 8.74. The standard InChI is InChI=1S/C28H27N3O3/c1-16-6-7-19(4)24(15-16)30-26-25(21-8-10-22(11-9-21)29-20(5)32)27(33)31(28(26)34)23-13-17(2)12-18(3)14-23/h6-15,30H,1-5H3,(H,29,32). The summed E-state index contributed by atoms with van der Waals surface area (Å²) in [6, 6.07) is 18.5. The number of rotatable bonds is 5. The van der Waals surface area contributed by atoms with E-state index in [-0.39, 0.29) is 11.6 Å². The number of carbonyl (C=O) groups excluding carboxylic acids is 3. The van der Waals surface area contributed by atoms with Gasteiger partial charge in [0.15, 0.2) is 0 Å². The zero-order chi connectivity index (χ0) is 24.6. The highest BCUT2D eigenvalue weighted by Crippen LogP contribution is 2.35. The summed E-state index contributed by atoms with van der Waals surface area (Å²) in [5.41, 5.74) is 6.96. The van der Waals surface area contributed by atoms with E-state index in [4.69, 9.17) is 0 Å². The molecule has 0 saturated carbocycles. The third-order valence-electron chi connectivity index (χ3n) is 5.70. The van der Waals surface area contributed by atoms with Crippen LogP contribution in [0.25, 0.3) is 5.57 Å². The van der Waals surface area contributed by atoms with Crippen LogP contribution in [0.1, 0.15) is 34.7 Å². The first-order chi connectivity index (χ1) is 16.1. The Morgan fingerprint density at radius 2 is 1.41 bits per heavy atom. The average molecular weight is 454 g/mol. The maximum atomic E-state index is 13.7. The van der Waals surface area contributed by atoms with Gasteiger partial charge in [-0.25, -0.2) is 4.90 Å². The molecule has 0 saturated heterocycles. The van der Waals surface area contributed by atoms with E-state index in [9.17, 15) is 14.4 Å². The van der Waals surface area contributed by atoms with Gasteiger partial charge in [-0.2, -0.15) is 0 Å². The Hall–Kier alpha value is -4.19. The minimum atomic E-state index is -0.406. The molecule has 0 aromatic heterocycles. The molecule has 4 rings (SSSR count). The average Bonchev–Trinajstić information content (AvgIpc) is 3.00. The van der Waals surface area contributed by atoms with Crippen molar-refractivity contribution >= 4 is 40.4 Å². The molecule has 0 unspecified atom stereocenters. The molecule has 0 aliphatic carbocycles. The third-order valence-corrected chi connectivity index (χ3v) is 5.70. The number of nitrogens with zero attached hydrogens (tertiary/aromatic N) is 1. The molecule has 172 valence electrons. The molecule has 3 aromatic carbocycles. The number of nitrogens with one attached hydrogen (secondary N) is 2. The molecule has 34 heavy (non-hydrogen) atoms. The van der Waals surface area contributed by atoms with Crippen LogP contribution < -0.4 is 15.5 Å². The lowest BCUT2D eigenvalue weighted by atomic mass is 10.0. The molecule has 6 heteroatoms. The van der Waals surface area contributed by atoms with E-state index in [0.29, 0.717) is 22.5 Å². The second kappa shape index (κ2) is 8.98. The van der Waals surface area contributed by atoms with Gasteiger partial charge in [-0.3, -0.25) is 14.4 Å². The van der Waals surface area contributed by atoms with Crippen molar-refractivity contribution < 1.29 is 14.4 Å². The van der Waals surface area contributed by atoms with Gasteiger partial charge in [-0.15, -0.1) is 0 Å². The van der Waals surface area contributed by atoms with E-state index >= 15 is 0 Å². The Bertz CT molecular complexity index is 1330. The summed E-state index contributed by atoms with van der Waals surface area (Å²) in [6.07, 6.45) is 0. The molecule has 3 amide bonds. The van der Waals surface area contributed by atoms with E-state index < -0.39 is 11.8 Å². The first-order valence-corrected chi connectivity index (χ1v) is 11.1. The number of imide groups is 1. The molecule has 0 atom stereocenters. The molecule has 0 fully saturated rings. The number of benzene rings is 3. The van der Waals surface area contributed by atoms with E-state index in [1.54, 1.807) is 24.3 Å². The molecule has 6 nitrogen and oxygen atoms in total. The fraction of sp³-hybridized carbons (Fsp3) is 0.179. The fourth-order valence-electron chi connectivity index (χ4n) is 4.16. The minimum Gasteiger partial charge on any atom is -0.350 e. The number of aryl methyl sites for hydroxylation is 4. The Morgan fingerprint density at radius 3 is 2.03 bits per heavy atom. The zero-order valence-electron chi connectivity index (χ0n) is 19.9. The zero-order valence-corrected chi connectivity index (χ0v) is 19.9. The number of carbonyl (C=O) groups is 3. The Kier molecular flexibility index (Phi) is 6.07. The fourth-order valence-corrected chi connectivity index (χ4v) is 4.16. The summed E-state index contributed by atoms with van der Waals surface area (Å²) >= 11 is 0. The van der Waals surface area contributed by atoms with Gasteiger partial charge in [0.2, 0.25) is 5.91 Å². The largest absolute Gasteiger partial charge is 0.350 e. The first-order valence-electron chi connectivity index (χ1n) is 11.1. The quantitative estimate of drug-likeness (QED) is 0.516. The van der Waals surface area contributed by atoms with Crippen molar-refractivity contribution in [1.82, 2.24) is 0 Å². The summed E-state index contributed by atoms with van der Waals surface area (Å²) in [5.74, 6) is -0.982. The molecular weight excluding hydrogens is 426 g/mol. The molecule has 1 aliphatic rings. The van der Waals surface area contributed by atoms with Crippen molar-refractivity contribution in [2.75, 3.05) is 15.5 Å². The van der Waals surface area contributed by atoms with Crippen LogP contribution in [-0.2, 0) is 14.4 Å². The minimum absolute atomic E-state index is 0.183. The van der Waals surface area contributed by atoms with Crippen molar-refractivity contribution in [1.29, 1.82) is 0 Å². The number of hydrogen-bond donors (Lipinski definition) is 2. The number of anilines is 3. The number of amides is 3. The van der Waals surface area contributed by atoms with E-state index in [1.165, 1.54) is 11.8 Å². The van der Waals surface area contributed by atoms with Crippen molar-refractivity contribution in [3.8, 4) is 0 Å². The Morgan fingerprint density at radius 1 is 0.765 bits per heavy atom. The van der Waals surface area contributed by atoms with Crippen LogP contribution in [0.2, 0.25) is 0 Å². The van der Waals surface area contributed by atoms with Crippen molar-refractivity contribution in [3.63, 3.8) is 0 Å². The highest BCUT2D eigenvalue weighted by Gasteiger charge is 2.40. The SMILES string of the molecule is CC(=O)Nc1ccc(C2=C(Nc3cc(C)ccc3C)C(=O)N(c3cc(C)cc(C)c3)C2=O)cc1. The monoisotopic (exact) mass is 453 g/mol. The van der Waals surface area contributed by atoms with Crippen LogP contribution >= 0.6 is 0 Å². The summed E-state index contributed by atoms with van der Waals surface area (Å²) < 4.78 is 0. The predicted octanol–water partition coefficient (Wildman–Crippen LogP) is 5.28. The molecule has 0 radical (unpaired) electrons. The van der Waals surface area contributed by atoms with Crippen LogP contribution in [0.5, 0.6) is 0 Å². The van der Waals surface area contributed by atoms with Crippen LogP contribution in [0.4, 0.5) is 17.1 Å². The maximum absolute atomic E-state index is 13.7. The van der Waals surface area contributed by atoms with Crippen molar-refractivity contribution in [2.24, 2.45) is 0 Å². The van der Waals surface area contributed by atoms with E-state index in [1.807, 2.05) is 64.1 Å². The van der Waals surface area contributed by atoms with Crippen molar-refractivity contribution in [2.45, 2.75) is 34.6 Å². The molecule has 0 spiro atoms. The van der Waals surface area contributed by atoms with Gasteiger partial charge >= 0.3 is 0 Å². The topological polar surface area (TPSA) is 78.5 Å². The lowest BCUT2D eigenvalue weighted by Crippen LogP contribution is -2.32. The van der Waals surface area contributed by atoms with Gasteiger partial charge in [0.25, 0.3) is 11.8 Å². The summed E-state index contributed by atoms with van der Waals surface area (Å²) in [7, 11) is 0. The van der Waals surface area contributed by atoms with E-state index in [0.717, 1.165) is 27.9 Å². The highest BCUT2D eigenvalue weighted by molar-refractivity contribution is 6.46. The van der Waals surface area contributed by atoms with Gasteiger partial charge in [-0.1, -0.05) is 30.3 Å². The third kappa shape index (κ3) is 4.48. The van der Waals surface area contributed by atoms with Crippen LogP contribution in [0.15, 0.2) is 66.4 Å². The van der Waals surface area contributed by atoms with Gasteiger partial charge < -0.3 is 10.6 Å². The normalized spacial score (nSPS) is 13.5. The first kappa shape index (κ1) is 23.0. The number of hydrogen-bond acceptors (Lipinski definition) is 4. The lowest BCUT2D eigenvalue weighted by molar-refractivity contribution is -0.120. The summed E-state index contributed by atoms with van der Waals surface area (Å²) in [5, 5.41) is 5.97. The van der Waals surface area contributed by atoms with Crippen LogP contribution in [-0.4, -0.2) is 17.7 Å². The predicted molar refractivity (Wildman–Crippen MR) is 136 cm³/mol. The molecule has 2 N–H and O–H groups in total. The van der Waals surface area contributed by atoms with Crippen LogP contribution in [0, 0.1) is 27.7 Å². The summed E-state index contributed by atoms with van der Waals surface area (Å²) in [6.45, 7) is 9.23. The molecular formula is C28H27N3O3. The molecule has 1 heterocycles. The smallest absolute Gasteiger partial charge is 0.282 e. The lowest BCUT2D eigenvalue weighted by Gasteiger charge is -2.17. The van der Waals surface area contributed by atoms with Gasteiger partial charge in [0.05, 0.1) is 11.3 Å². The van der Waals surface area contributed by atoms with E-state index in [2.05, 4.69) is 10.6 Å². The van der Waals surface area contributed by atoms with Gasteiger partial charge in [0, 0.05) is 18.3 Å². The molecule has 0 bridgehead atoms. The second-order valence-electron chi connectivity index (χ2n) is 8.74. The Labute approximate surface area is 199 Å². The van der Waals surface area contributed by atoms with Gasteiger partial charge in [0.1, 0.15) is 5.70 Å². The van der Waals surface area contributed by atoms with Gasteiger partial charge in [-0.05, 0) is 85.8 Å². The summed E-state index contributed by atoms with van der Waals surface area (Å²) in [4.78, 5) is 40.0. The molecule has 1 aliphatic heterocycles.